The van der Waals surface area contributed by atoms with E-state index in [1.165, 1.54) is 0 Å². The van der Waals surface area contributed by atoms with E-state index in [0.717, 1.165) is 28.1 Å². The summed E-state index contributed by atoms with van der Waals surface area (Å²) in [5, 5.41) is 3.92. The Morgan fingerprint density at radius 2 is 1.70 bits per heavy atom. The van der Waals surface area contributed by atoms with Gasteiger partial charge in [-0.2, -0.15) is 0 Å². The lowest BCUT2D eigenvalue weighted by Gasteiger charge is -2.08. The Labute approximate surface area is 134 Å². The first-order valence-electron chi connectivity index (χ1n) is 7.26. The lowest BCUT2D eigenvalue weighted by Crippen LogP contribution is -2.18. The van der Waals surface area contributed by atoms with Gasteiger partial charge in [0.1, 0.15) is 18.0 Å². The second-order valence-corrected chi connectivity index (χ2v) is 5.15. The van der Waals surface area contributed by atoms with Crippen LogP contribution in [0, 0.1) is 0 Å². The zero-order valence-electron chi connectivity index (χ0n) is 13.1. The molecular weight excluding hydrogens is 292 g/mol. The second-order valence-electron chi connectivity index (χ2n) is 5.15. The Balaban J connectivity index is 1.72. The molecule has 1 N–H and O–H groups in total. The monoisotopic (exact) mass is 310 g/mol. The molecule has 5 heteroatoms. The standard InChI is InChI=1S/C18H18N2O3/c1-22-15-5-3-14(4-6-15)19-18(21)12-20-10-9-13-11-16(23-2)7-8-17(13)20/h3-11H,12H2,1-2H3,(H,19,21). The van der Waals surface area contributed by atoms with Crippen molar-refractivity contribution in [2.75, 3.05) is 19.5 Å². The first-order valence-corrected chi connectivity index (χ1v) is 7.26. The molecule has 2 aromatic carbocycles. The number of anilines is 1. The highest BCUT2D eigenvalue weighted by Gasteiger charge is 2.07. The van der Waals surface area contributed by atoms with E-state index in [1.54, 1.807) is 14.2 Å². The molecule has 0 unspecified atom stereocenters. The fourth-order valence-electron chi connectivity index (χ4n) is 2.47. The number of carbonyl (C=O) groups is 1. The quantitative estimate of drug-likeness (QED) is 0.786. The van der Waals surface area contributed by atoms with Crippen molar-refractivity contribution >= 4 is 22.5 Å². The van der Waals surface area contributed by atoms with Crippen LogP contribution in [0.2, 0.25) is 0 Å². The van der Waals surface area contributed by atoms with Crippen molar-refractivity contribution < 1.29 is 14.3 Å². The van der Waals surface area contributed by atoms with E-state index in [4.69, 9.17) is 9.47 Å². The summed E-state index contributed by atoms with van der Waals surface area (Å²) >= 11 is 0. The number of aromatic nitrogens is 1. The van der Waals surface area contributed by atoms with Gasteiger partial charge in [0, 0.05) is 22.8 Å². The predicted octanol–water partition coefficient (Wildman–Crippen LogP) is 3.30. The topological polar surface area (TPSA) is 52.5 Å². The number of rotatable bonds is 5. The van der Waals surface area contributed by atoms with Gasteiger partial charge >= 0.3 is 0 Å². The van der Waals surface area contributed by atoms with Gasteiger partial charge < -0.3 is 19.4 Å². The Hall–Kier alpha value is -2.95. The van der Waals surface area contributed by atoms with Crippen molar-refractivity contribution in [1.82, 2.24) is 4.57 Å². The molecule has 0 aliphatic heterocycles. The summed E-state index contributed by atoms with van der Waals surface area (Å²) in [6, 6.07) is 15.0. The van der Waals surface area contributed by atoms with E-state index in [2.05, 4.69) is 5.32 Å². The van der Waals surface area contributed by atoms with E-state index in [0.29, 0.717) is 0 Å². The molecule has 0 aliphatic rings. The van der Waals surface area contributed by atoms with Crippen LogP contribution in [-0.2, 0) is 11.3 Å². The van der Waals surface area contributed by atoms with Crippen LogP contribution >= 0.6 is 0 Å². The molecule has 5 nitrogen and oxygen atoms in total. The predicted molar refractivity (Wildman–Crippen MR) is 90.1 cm³/mol. The lowest BCUT2D eigenvalue weighted by molar-refractivity contribution is -0.116. The van der Waals surface area contributed by atoms with Crippen LogP contribution in [0.4, 0.5) is 5.69 Å². The van der Waals surface area contributed by atoms with Crippen molar-refractivity contribution in [3.05, 3.63) is 54.7 Å². The molecule has 1 aromatic heterocycles. The number of ether oxygens (including phenoxy) is 2. The van der Waals surface area contributed by atoms with Crippen LogP contribution in [0.1, 0.15) is 0 Å². The van der Waals surface area contributed by atoms with E-state index >= 15 is 0 Å². The minimum Gasteiger partial charge on any atom is -0.497 e. The average Bonchev–Trinajstić information content (AvgIpc) is 2.97. The summed E-state index contributed by atoms with van der Waals surface area (Å²) in [6.07, 6.45) is 1.90. The molecule has 1 amide bonds. The molecule has 0 saturated heterocycles. The van der Waals surface area contributed by atoms with E-state index in [-0.39, 0.29) is 12.5 Å². The van der Waals surface area contributed by atoms with Gasteiger partial charge in [-0.15, -0.1) is 0 Å². The van der Waals surface area contributed by atoms with E-state index in [9.17, 15) is 4.79 Å². The first kappa shape index (κ1) is 15.0. The number of nitrogens with one attached hydrogen (secondary N) is 1. The highest BCUT2D eigenvalue weighted by molar-refractivity contribution is 5.92. The average molecular weight is 310 g/mol. The number of methoxy groups -OCH3 is 2. The summed E-state index contributed by atoms with van der Waals surface area (Å²) in [5.74, 6) is 1.48. The van der Waals surface area contributed by atoms with Crippen LogP contribution in [-0.4, -0.2) is 24.7 Å². The summed E-state index contributed by atoms with van der Waals surface area (Å²) in [6.45, 7) is 0.252. The zero-order valence-corrected chi connectivity index (χ0v) is 13.1. The highest BCUT2D eigenvalue weighted by Crippen LogP contribution is 2.22. The van der Waals surface area contributed by atoms with Crippen molar-refractivity contribution in [3.63, 3.8) is 0 Å². The summed E-state index contributed by atoms with van der Waals surface area (Å²) in [4.78, 5) is 12.2. The third-order valence-electron chi connectivity index (χ3n) is 3.67. The van der Waals surface area contributed by atoms with Gasteiger partial charge in [0.25, 0.3) is 0 Å². The molecule has 0 bridgehead atoms. The zero-order chi connectivity index (χ0) is 16.2. The van der Waals surface area contributed by atoms with E-state index < -0.39 is 0 Å². The summed E-state index contributed by atoms with van der Waals surface area (Å²) < 4.78 is 12.2. The smallest absolute Gasteiger partial charge is 0.244 e. The molecule has 0 aliphatic carbocycles. The normalized spacial score (nSPS) is 10.5. The molecule has 3 aromatic rings. The fraction of sp³-hybridized carbons (Fsp3) is 0.167. The summed E-state index contributed by atoms with van der Waals surface area (Å²) in [5.41, 5.74) is 1.74. The Morgan fingerprint density at radius 3 is 2.39 bits per heavy atom. The molecule has 0 spiro atoms. The maximum absolute atomic E-state index is 12.2. The molecule has 3 rings (SSSR count). The van der Waals surface area contributed by atoms with Gasteiger partial charge in [0.2, 0.25) is 5.91 Å². The van der Waals surface area contributed by atoms with Crippen LogP contribution in [0.5, 0.6) is 11.5 Å². The number of hydrogen-bond donors (Lipinski definition) is 1. The molecule has 118 valence electrons. The SMILES string of the molecule is COc1ccc(NC(=O)Cn2ccc3cc(OC)ccc32)cc1. The van der Waals surface area contributed by atoms with Gasteiger partial charge in [-0.25, -0.2) is 0 Å². The summed E-state index contributed by atoms with van der Waals surface area (Å²) in [7, 11) is 3.25. The maximum atomic E-state index is 12.2. The number of hydrogen-bond acceptors (Lipinski definition) is 3. The van der Waals surface area contributed by atoms with Crippen molar-refractivity contribution in [2.45, 2.75) is 6.54 Å². The molecule has 23 heavy (non-hydrogen) atoms. The number of nitrogens with zero attached hydrogens (tertiary/aromatic N) is 1. The second kappa shape index (κ2) is 6.44. The van der Waals surface area contributed by atoms with Crippen LogP contribution in [0.15, 0.2) is 54.7 Å². The first-order chi connectivity index (χ1) is 11.2. The number of carbonyl (C=O) groups excluding carboxylic acids is 1. The fourth-order valence-corrected chi connectivity index (χ4v) is 2.47. The highest BCUT2D eigenvalue weighted by atomic mass is 16.5. The molecule has 0 atom stereocenters. The van der Waals surface area contributed by atoms with Crippen molar-refractivity contribution in [2.24, 2.45) is 0 Å². The minimum absolute atomic E-state index is 0.0801. The van der Waals surface area contributed by atoms with Gasteiger partial charge in [-0.05, 0) is 48.5 Å². The minimum atomic E-state index is -0.0801. The molecule has 1 heterocycles. The van der Waals surface area contributed by atoms with Crippen molar-refractivity contribution in [3.8, 4) is 11.5 Å². The lowest BCUT2D eigenvalue weighted by atomic mass is 10.2. The Kier molecular flexibility index (Phi) is 4.19. The van der Waals surface area contributed by atoms with Crippen LogP contribution in [0.25, 0.3) is 10.9 Å². The maximum Gasteiger partial charge on any atom is 0.244 e. The third kappa shape index (κ3) is 3.29. The Bertz CT molecular complexity index is 822. The third-order valence-corrected chi connectivity index (χ3v) is 3.67. The van der Waals surface area contributed by atoms with Crippen LogP contribution in [0.3, 0.4) is 0 Å². The molecule has 0 fully saturated rings. The molecule has 0 saturated carbocycles. The number of fused-ring (bicyclic) bond motifs is 1. The number of benzene rings is 2. The number of amides is 1. The Morgan fingerprint density at radius 1 is 1.00 bits per heavy atom. The molecule has 0 radical (unpaired) electrons. The van der Waals surface area contributed by atoms with Gasteiger partial charge in [0.15, 0.2) is 0 Å². The largest absolute Gasteiger partial charge is 0.497 e. The van der Waals surface area contributed by atoms with Gasteiger partial charge in [-0.3, -0.25) is 4.79 Å². The van der Waals surface area contributed by atoms with Gasteiger partial charge in [-0.1, -0.05) is 0 Å². The van der Waals surface area contributed by atoms with Gasteiger partial charge in [0.05, 0.1) is 14.2 Å². The van der Waals surface area contributed by atoms with Crippen molar-refractivity contribution in [1.29, 1.82) is 0 Å². The van der Waals surface area contributed by atoms with E-state index in [1.807, 2.05) is 59.3 Å². The molecular formula is C18H18N2O3. The van der Waals surface area contributed by atoms with Crippen LogP contribution < -0.4 is 14.8 Å².